The lowest BCUT2D eigenvalue weighted by atomic mass is 10.2. The zero-order chi connectivity index (χ0) is 22.3. The smallest absolute Gasteiger partial charge is 0.302 e. The Balaban J connectivity index is 0.000000542. The van der Waals surface area contributed by atoms with E-state index in [0.29, 0.717) is 27.3 Å². The number of rotatable bonds is 8. The van der Waals surface area contributed by atoms with Crippen molar-refractivity contribution < 1.29 is 17.9 Å². The molecule has 0 atom stereocenters. The number of carbonyl (C=O) groups is 1. The summed E-state index contributed by atoms with van der Waals surface area (Å²) in [5.41, 5.74) is 0.691. The van der Waals surface area contributed by atoms with Crippen molar-refractivity contribution in [1.82, 2.24) is 4.31 Å². The first-order chi connectivity index (χ1) is 13.7. The number of hydrogen-bond donors (Lipinski definition) is 0. The van der Waals surface area contributed by atoms with Gasteiger partial charge in [-0.2, -0.15) is 0 Å². The van der Waals surface area contributed by atoms with Crippen LogP contribution in [0.1, 0.15) is 71.8 Å². The van der Waals surface area contributed by atoms with Crippen LogP contribution < -0.4 is 0 Å². The minimum atomic E-state index is -3.38. The molecule has 0 spiro atoms. The fraction of sp³-hybridized carbons (Fsp3) is 0.650. The number of unbranched alkanes of at least 4 members (excludes halogenated alkanes) is 4. The van der Waals surface area contributed by atoms with Crippen LogP contribution in [0.2, 0.25) is 4.34 Å². The second kappa shape index (κ2) is 16.2. The van der Waals surface area contributed by atoms with Gasteiger partial charge in [-0.1, -0.05) is 67.1 Å². The lowest BCUT2D eigenvalue weighted by Gasteiger charge is -2.22. The Morgan fingerprint density at radius 2 is 1.79 bits per heavy atom. The van der Waals surface area contributed by atoms with Gasteiger partial charge in [0, 0.05) is 30.6 Å². The molecule has 0 aliphatic carbocycles. The number of hydrogen-bond acceptors (Lipinski definition) is 5. The van der Waals surface area contributed by atoms with E-state index in [0.717, 1.165) is 29.5 Å². The van der Waals surface area contributed by atoms with Crippen LogP contribution in [0.4, 0.5) is 0 Å². The number of sulfonamides is 1. The van der Waals surface area contributed by atoms with Crippen LogP contribution in [0.25, 0.3) is 6.08 Å². The molecule has 2 heterocycles. The van der Waals surface area contributed by atoms with Crippen molar-refractivity contribution in [3.05, 3.63) is 22.2 Å². The quantitative estimate of drug-likeness (QED) is 0.213. The maximum Gasteiger partial charge on any atom is 0.302 e. The third-order valence-electron chi connectivity index (χ3n) is 3.73. The van der Waals surface area contributed by atoms with Crippen LogP contribution in [-0.2, 0) is 19.6 Å². The predicted molar refractivity (Wildman–Crippen MR) is 127 cm³/mol. The molecule has 0 saturated carbocycles. The molecule has 0 N–H and O–H groups in total. The molecule has 0 aromatic carbocycles. The van der Waals surface area contributed by atoms with Gasteiger partial charge >= 0.3 is 5.97 Å². The van der Waals surface area contributed by atoms with Gasteiger partial charge in [0.05, 0.1) is 10.9 Å². The molecule has 0 radical (unpaired) electrons. The molecule has 9 heteroatoms. The predicted octanol–water partition coefficient (Wildman–Crippen LogP) is 6.71. The third kappa shape index (κ3) is 11.4. The highest BCUT2D eigenvalue weighted by Crippen LogP contribution is 2.36. The lowest BCUT2D eigenvalue weighted by molar-refractivity contribution is -0.140. The van der Waals surface area contributed by atoms with E-state index in [1.165, 1.54) is 36.9 Å². The number of thiophene rings is 1. The van der Waals surface area contributed by atoms with Crippen LogP contribution in [0.3, 0.4) is 0 Å². The fourth-order valence-electron chi connectivity index (χ4n) is 2.29. The molecule has 2 rings (SSSR count). The second-order valence-corrected chi connectivity index (χ2v) is 10.8. The fourth-order valence-corrected chi connectivity index (χ4v) is 5.98. The summed E-state index contributed by atoms with van der Waals surface area (Å²) in [6.45, 7) is 8.63. The average Bonchev–Trinajstić information content (AvgIpc) is 3.05. The van der Waals surface area contributed by atoms with E-state index in [-0.39, 0.29) is 5.97 Å². The highest BCUT2D eigenvalue weighted by Gasteiger charge is 2.29. The van der Waals surface area contributed by atoms with Gasteiger partial charge in [0.25, 0.3) is 10.0 Å². The van der Waals surface area contributed by atoms with Gasteiger partial charge in [-0.15, -0.1) is 11.3 Å². The van der Waals surface area contributed by atoms with E-state index in [2.05, 4.69) is 34.5 Å². The summed E-state index contributed by atoms with van der Waals surface area (Å²) in [5.74, 6) is -0.211. The zero-order valence-electron chi connectivity index (χ0n) is 17.7. The number of nitrogens with zero attached hydrogens (tertiary/aromatic N) is 1. The number of alkyl halides is 1. The molecule has 5 nitrogen and oxygen atoms in total. The van der Waals surface area contributed by atoms with Crippen LogP contribution in [0, 0.1) is 0 Å². The number of esters is 1. The first-order valence-corrected chi connectivity index (χ1v) is 13.7. The van der Waals surface area contributed by atoms with E-state index in [4.69, 9.17) is 11.6 Å². The topological polar surface area (TPSA) is 63.7 Å². The molecule has 1 aromatic heterocycles. The molecule has 29 heavy (non-hydrogen) atoms. The van der Waals surface area contributed by atoms with Crippen molar-refractivity contribution in [2.75, 3.05) is 18.5 Å². The molecule has 0 fully saturated rings. The first kappa shape index (κ1) is 28.4. The molecule has 0 bridgehead atoms. The standard InChI is InChI=1S/C10H11BrClNO2S2.C6H14.C4H8O2/c11-4-1-2-5-13-6-3-8-7-9(12)16-10(8)17(13,14)15;1-3-5-6-4-2;1-3-6-4(2)5/h3,6-7H,1-2,4-5H2;3-6H2,1-2H3;3H2,1-2H3. The summed E-state index contributed by atoms with van der Waals surface area (Å²) < 4.78 is 31.1. The Morgan fingerprint density at radius 3 is 2.24 bits per heavy atom. The largest absolute Gasteiger partial charge is 0.466 e. The minimum absolute atomic E-state index is 0.211. The Labute approximate surface area is 193 Å². The maximum absolute atomic E-state index is 12.2. The van der Waals surface area contributed by atoms with Crippen molar-refractivity contribution in [3.8, 4) is 0 Å². The number of ether oxygens (including phenoxy) is 1. The van der Waals surface area contributed by atoms with E-state index in [1.807, 2.05) is 0 Å². The summed E-state index contributed by atoms with van der Waals surface area (Å²) in [5, 5.41) is 0.890. The van der Waals surface area contributed by atoms with Gasteiger partial charge in [0.2, 0.25) is 0 Å². The van der Waals surface area contributed by atoms with E-state index >= 15 is 0 Å². The molecule has 1 aliphatic heterocycles. The van der Waals surface area contributed by atoms with Crippen LogP contribution in [0.5, 0.6) is 0 Å². The van der Waals surface area contributed by atoms with Gasteiger partial charge in [-0.05, 0) is 31.9 Å². The zero-order valence-corrected chi connectivity index (χ0v) is 21.7. The maximum atomic E-state index is 12.2. The Hall–Kier alpha value is -0.570. The summed E-state index contributed by atoms with van der Waals surface area (Å²) in [6.07, 6.45) is 10.7. The molecule has 168 valence electrons. The molecule has 0 saturated heterocycles. The van der Waals surface area contributed by atoms with Crippen molar-refractivity contribution >= 4 is 60.9 Å². The minimum Gasteiger partial charge on any atom is -0.466 e. The Kier molecular flexibility index (Phi) is 15.8. The van der Waals surface area contributed by atoms with E-state index < -0.39 is 10.0 Å². The molecule has 0 amide bonds. The van der Waals surface area contributed by atoms with Crippen molar-refractivity contribution in [2.45, 2.75) is 70.4 Å². The molecule has 0 unspecified atom stereocenters. The van der Waals surface area contributed by atoms with Crippen molar-refractivity contribution in [1.29, 1.82) is 0 Å². The number of carbonyl (C=O) groups excluding carboxylic acids is 1. The second-order valence-electron chi connectivity index (χ2n) is 6.25. The van der Waals surface area contributed by atoms with Gasteiger partial charge < -0.3 is 4.74 Å². The van der Waals surface area contributed by atoms with Gasteiger partial charge in [0.1, 0.15) is 4.21 Å². The van der Waals surface area contributed by atoms with Crippen molar-refractivity contribution in [3.63, 3.8) is 0 Å². The molecule has 1 aliphatic rings. The average molecular weight is 531 g/mol. The summed E-state index contributed by atoms with van der Waals surface area (Å²) >= 11 is 10.3. The molecule has 1 aromatic rings. The Morgan fingerprint density at radius 1 is 1.17 bits per heavy atom. The molecular formula is C20H33BrClNO4S2. The van der Waals surface area contributed by atoms with Crippen LogP contribution >= 0.6 is 38.9 Å². The third-order valence-corrected chi connectivity index (χ3v) is 7.87. The summed E-state index contributed by atoms with van der Waals surface area (Å²) in [6, 6.07) is 1.69. The normalized spacial score (nSPS) is 13.5. The van der Waals surface area contributed by atoms with Crippen LogP contribution in [0.15, 0.2) is 16.5 Å². The van der Waals surface area contributed by atoms with E-state index in [1.54, 1.807) is 25.3 Å². The first-order valence-electron chi connectivity index (χ1n) is 9.93. The molecular weight excluding hydrogens is 498 g/mol. The van der Waals surface area contributed by atoms with Crippen LogP contribution in [-0.4, -0.2) is 37.2 Å². The highest BCUT2D eigenvalue weighted by molar-refractivity contribution is 9.09. The van der Waals surface area contributed by atoms with Gasteiger partial charge in [-0.25, -0.2) is 8.42 Å². The lowest BCUT2D eigenvalue weighted by Crippen LogP contribution is -2.28. The summed E-state index contributed by atoms with van der Waals surface area (Å²) in [4.78, 5) is 9.82. The van der Waals surface area contributed by atoms with Crippen molar-refractivity contribution in [2.24, 2.45) is 0 Å². The van der Waals surface area contributed by atoms with Gasteiger partial charge in [-0.3, -0.25) is 9.10 Å². The Bertz CT molecular complexity index is 716. The highest BCUT2D eigenvalue weighted by atomic mass is 79.9. The monoisotopic (exact) mass is 529 g/mol. The van der Waals surface area contributed by atoms with E-state index in [9.17, 15) is 13.2 Å². The summed E-state index contributed by atoms with van der Waals surface area (Å²) in [7, 11) is -3.38. The SMILES string of the molecule is CCCCCC.CCOC(C)=O.O=S1(=O)c2sc(Cl)cc2C=CN1CCCCBr. The number of halogens is 2. The van der Waals surface area contributed by atoms with Gasteiger partial charge in [0.15, 0.2) is 0 Å². The number of fused-ring (bicyclic) bond motifs is 1.